The summed E-state index contributed by atoms with van der Waals surface area (Å²) in [6, 6.07) is 0. The zero-order chi connectivity index (χ0) is 11.2. The number of rotatable bonds is 5. The molecule has 0 bridgehead atoms. The Labute approximate surface area is 83.0 Å². The highest BCUT2D eigenvalue weighted by atomic mass is 16.5. The number of methoxy groups -OCH3 is 2. The number of carbonyl (C=O) groups excluding carboxylic acids is 2. The lowest BCUT2D eigenvalue weighted by Crippen LogP contribution is -2.36. The molecule has 0 aromatic rings. The second-order valence-electron chi connectivity index (χ2n) is 3.20. The molecule has 0 heterocycles. The van der Waals surface area contributed by atoms with Crippen LogP contribution in [0.1, 0.15) is 26.2 Å². The van der Waals surface area contributed by atoms with Crippen molar-refractivity contribution in [3.8, 4) is 0 Å². The highest BCUT2D eigenvalue weighted by molar-refractivity contribution is 5.78. The van der Waals surface area contributed by atoms with Gasteiger partial charge in [0, 0.05) is 6.42 Å². The zero-order valence-electron chi connectivity index (χ0n) is 8.70. The molecule has 0 aliphatic heterocycles. The molecular weight excluding hydrogens is 188 g/mol. The quantitative estimate of drug-likeness (QED) is 0.650. The molecule has 0 fully saturated rings. The zero-order valence-corrected chi connectivity index (χ0v) is 8.70. The lowest BCUT2D eigenvalue weighted by atomic mass is 9.99. The van der Waals surface area contributed by atoms with E-state index >= 15 is 0 Å². The first-order valence-corrected chi connectivity index (χ1v) is 4.31. The van der Waals surface area contributed by atoms with Gasteiger partial charge < -0.3 is 14.6 Å². The second kappa shape index (κ2) is 5.59. The van der Waals surface area contributed by atoms with Crippen LogP contribution >= 0.6 is 0 Å². The summed E-state index contributed by atoms with van der Waals surface area (Å²) in [5.74, 6) is -1.05. The summed E-state index contributed by atoms with van der Waals surface area (Å²) >= 11 is 0. The van der Waals surface area contributed by atoms with Crippen molar-refractivity contribution in [1.29, 1.82) is 0 Å². The average Bonchev–Trinajstić information content (AvgIpc) is 2.15. The van der Waals surface area contributed by atoms with Crippen LogP contribution in [0.4, 0.5) is 0 Å². The topological polar surface area (TPSA) is 72.8 Å². The standard InChI is InChI=1S/C9H16O5/c1-9(12,8(11)14-3)6-4-5-7(10)13-2/h12H,4-6H2,1-3H3/t9-/m0/s1. The minimum Gasteiger partial charge on any atom is -0.469 e. The van der Waals surface area contributed by atoms with Crippen LogP contribution in [-0.2, 0) is 19.1 Å². The van der Waals surface area contributed by atoms with Gasteiger partial charge in [0.05, 0.1) is 14.2 Å². The number of ether oxygens (including phenoxy) is 2. The highest BCUT2D eigenvalue weighted by Crippen LogP contribution is 2.15. The minimum atomic E-state index is -1.53. The molecule has 1 N–H and O–H groups in total. The van der Waals surface area contributed by atoms with E-state index < -0.39 is 11.6 Å². The lowest BCUT2D eigenvalue weighted by molar-refractivity contribution is -0.161. The van der Waals surface area contributed by atoms with E-state index in [9.17, 15) is 14.7 Å². The fraction of sp³-hybridized carbons (Fsp3) is 0.778. The van der Waals surface area contributed by atoms with Gasteiger partial charge in [-0.15, -0.1) is 0 Å². The third kappa shape index (κ3) is 4.23. The first-order chi connectivity index (χ1) is 6.44. The van der Waals surface area contributed by atoms with Gasteiger partial charge in [-0.2, -0.15) is 0 Å². The van der Waals surface area contributed by atoms with Crippen molar-refractivity contribution in [2.24, 2.45) is 0 Å². The number of aliphatic hydroxyl groups is 1. The molecular formula is C9H16O5. The molecule has 14 heavy (non-hydrogen) atoms. The predicted octanol–water partition coefficient (Wildman–Crippen LogP) is 0.254. The van der Waals surface area contributed by atoms with Gasteiger partial charge in [0.2, 0.25) is 0 Å². The Bertz CT molecular complexity index is 209. The Morgan fingerprint density at radius 3 is 2.29 bits per heavy atom. The molecule has 0 saturated carbocycles. The van der Waals surface area contributed by atoms with Crippen molar-refractivity contribution in [3.05, 3.63) is 0 Å². The molecule has 5 heteroatoms. The molecule has 0 radical (unpaired) electrons. The molecule has 82 valence electrons. The molecule has 0 saturated heterocycles. The van der Waals surface area contributed by atoms with E-state index in [4.69, 9.17) is 0 Å². The third-order valence-corrected chi connectivity index (χ3v) is 1.90. The Morgan fingerprint density at radius 1 is 1.29 bits per heavy atom. The van der Waals surface area contributed by atoms with E-state index in [2.05, 4.69) is 9.47 Å². The molecule has 0 aliphatic carbocycles. The lowest BCUT2D eigenvalue weighted by Gasteiger charge is -2.19. The van der Waals surface area contributed by atoms with Crippen molar-refractivity contribution in [2.45, 2.75) is 31.8 Å². The van der Waals surface area contributed by atoms with Crippen molar-refractivity contribution < 1.29 is 24.2 Å². The van der Waals surface area contributed by atoms with Gasteiger partial charge in [-0.05, 0) is 19.8 Å². The number of hydrogen-bond donors (Lipinski definition) is 1. The van der Waals surface area contributed by atoms with E-state index in [1.165, 1.54) is 21.1 Å². The fourth-order valence-corrected chi connectivity index (χ4v) is 1.00. The maximum atomic E-state index is 11.0. The van der Waals surface area contributed by atoms with Gasteiger partial charge in [0.25, 0.3) is 0 Å². The molecule has 1 atom stereocenters. The summed E-state index contributed by atoms with van der Waals surface area (Å²) in [5.41, 5.74) is -1.53. The number of carbonyl (C=O) groups is 2. The summed E-state index contributed by atoms with van der Waals surface area (Å²) in [6.45, 7) is 1.36. The van der Waals surface area contributed by atoms with E-state index in [0.29, 0.717) is 6.42 Å². The highest BCUT2D eigenvalue weighted by Gasteiger charge is 2.30. The SMILES string of the molecule is COC(=O)CCC[C@](C)(O)C(=O)OC. The first kappa shape index (κ1) is 12.9. The van der Waals surface area contributed by atoms with Crippen LogP contribution in [0.2, 0.25) is 0 Å². The largest absolute Gasteiger partial charge is 0.469 e. The Morgan fingerprint density at radius 2 is 1.86 bits per heavy atom. The second-order valence-corrected chi connectivity index (χ2v) is 3.20. The van der Waals surface area contributed by atoms with Crippen LogP contribution < -0.4 is 0 Å². The van der Waals surface area contributed by atoms with Gasteiger partial charge in [-0.25, -0.2) is 4.79 Å². The molecule has 0 rings (SSSR count). The van der Waals surface area contributed by atoms with Gasteiger partial charge in [-0.3, -0.25) is 4.79 Å². The molecule has 0 aromatic carbocycles. The van der Waals surface area contributed by atoms with E-state index in [1.54, 1.807) is 0 Å². The Balaban J connectivity index is 3.88. The maximum Gasteiger partial charge on any atom is 0.337 e. The van der Waals surface area contributed by atoms with Crippen LogP contribution in [-0.4, -0.2) is 36.9 Å². The van der Waals surface area contributed by atoms with Crippen molar-refractivity contribution in [2.75, 3.05) is 14.2 Å². The molecule has 0 unspecified atom stereocenters. The summed E-state index contributed by atoms with van der Waals surface area (Å²) < 4.78 is 8.81. The fourth-order valence-electron chi connectivity index (χ4n) is 1.00. The maximum absolute atomic E-state index is 11.0. The first-order valence-electron chi connectivity index (χ1n) is 4.31. The number of hydrogen-bond acceptors (Lipinski definition) is 5. The van der Waals surface area contributed by atoms with E-state index in [1.807, 2.05) is 0 Å². The van der Waals surface area contributed by atoms with Crippen LogP contribution in [0.5, 0.6) is 0 Å². The van der Waals surface area contributed by atoms with Gasteiger partial charge in [0.15, 0.2) is 5.60 Å². The average molecular weight is 204 g/mol. The smallest absolute Gasteiger partial charge is 0.337 e. The Hall–Kier alpha value is -1.10. The normalized spacial score (nSPS) is 14.3. The summed E-state index contributed by atoms with van der Waals surface area (Å²) in [4.78, 5) is 21.7. The van der Waals surface area contributed by atoms with Gasteiger partial charge >= 0.3 is 11.9 Å². The molecule has 0 aromatic heterocycles. The molecule has 0 amide bonds. The van der Waals surface area contributed by atoms with Gasteiger partial charge in [0.1, 0.15) is 0 Å². The van der Waals surface area contributed by atoms with Gasteiger partial charge in [-0.1, -0.05) is 0 Å². The molecule has 5 nitrogen and oxygen atoms in total. The van der Waals surface area contributed by atoms with E-state index in [0.717, 1.165) is 0 Å². The predicted molar refractivity (Wildman–Crippen MR) is 48.5 cm³/mol. The summed E-state index contributed by atoms with van der Waals surface area (Å²) in [6.07, 6.45) is 0.743. The third-order valence-electron chi connectivity index (χ3n) is 1.90. The van der Waals surface area contributed by atoms with Crippen molar-refractivity contribution in [1.82, 2.24) is 0 Å². The monoisotopic (exact) mass is 204 g/mol. The Kier molecular flexibility index (Phi) is 5.15. The molecule has 0 spiro atoms. The van der Waals surface area contributed by atoms with Crippen molar-refractivity contribution in [3.63, 3.8) is 0 Å². The van der Waals surface area contributed by atoms with Crippen LogP contribution in [0.3, 0.4) is 0 Å². The molecule has 0 aliphatic rings. The van der Waals surface area contributed by atoms with Crippen LogP contribution in [0.25, 0.3) is 0 Å². The van der Waals surface area contributed by atoms with Crippen molar-refractivity contribution >= 4 is 11.9 Å². The van der Waals surface area contributed by atoms with Crippen LogP contribution in [0.15, 0.2) is 0 Å². The summed E-state index contributed by atoms with van der Waals surface area (Å²) in [5, 5.41) is 9.54. The van der Waals surface area contributed by atoms with E-state index in [-0.39, 0.29) is 18.8 Å². The minimum absolute atomic E-state index is 0.175. The number of esters is 2. The van der Waals surface area contributed by atoms with Crippen LogP contribution in [0, 0.1) is 0 Å². The summed E-state index contributed by atoms with van der Waals surface area (Å²) in [7, 11) is 2.50.